The minimum Gasteiger partial charge on any atom is -0.467 e. The molecule has 0 bridgehead atoms. The van der Waals surface area contributed by atoms with Crippen LogP contribution in [-0.4, -0.2) is 83.3 Å². The van der Waals surface area contributed by atoms with Crippen LogP contribution in [0.15, 0.2) is 12.1 Å². The molecule has 0 spiro atoms. The van der Waals surface area contributed by atoms with Crippen molar-refractivity contribution in [1.82, 2.24) is 20.1 Å². The summed E-state index contributed by atoms with van der Waals surface area (Å²) in [5.74, 6) is 0.612. The first-order valence-electron chi connectivity index (χ1n) is 14.9. The zero-order valence-electron chi connectivity index (χ0n) is 25.3. The summed E-state index contributed by atoms with van der Waals surface area (Å²) in [6.45, 7) is 11.0. The maximum absolute atomic E-state index is 13.2. The van der Waals surface area contributed by atoms with Gasteiger partial charge < -0.3 is 29.9 Å². The quantitative estimate of drug-likeness (QED) is 0.310. The lowest BCUT2D eigenvalue weighted by Crippen LogP contribution is -2.63. The first kappa shape index (κ1) is 31.5. The van der Waals surface area contributed by atoms with Gasteiger partial charge in [0.05, 0.1) is 7.11 Å². The van der Waals surface area contributed by atoms with E-state index in [4.69, 9.17) is 14.5 Å². The summed E-state index contributed by atoms with van der Waals surface area (Å²) in [4.78, 5) is 46.3. The molecule has 2 aliphatic rings. The maximum Gasteiger partial charge on any atom is 0.410 e. The molecule has 1 aromatic rings. The number of carbonyl (C=O) groups is 3. The molecule has 0 radical (unpaired) electrons. The van der Waals surface area contributed by atoms with Crippen LogP contribution in [0.4, 0.5) is 15.4 Å². The molecule has 1 saturated heterocycles. The summed E-state index contributed by atoms with van der Waals surface area (Å²) in [7, 11) is 1.34. The maximum atomic E-state index is 13.2. The van der Waals surface area contributed by atoms with Gasteiger partial charge in [-0.1, -0.05) is 31.7 Å². The van der Waals surface area contributed by atoms with E-state index in [9.17, 15) is 14.4 Å². The summed E-state index contributed by atoms with van der Waals surface area (Å²) < 4.78 is 10.5. The highest BCUT2D eigenvalue weighted by Gasteiger charge is 2.37. The Hall–Kier alpha value is -3.04. The standard InChI is InChI=1S/C30H49N5O5/c1-21-19-34(29(38)40-30(3,4)5)20-22(2)35(21)28(37)33-25(27(36)39-6)15-11-9-7-8-10-14-24-17-16-23-13-12-18-31-26(23)32-24/h16-17,21-22,25H,7-15,18-20H2,1-6H3,(H,31,32)(H,33,37)/t21-,22+,25-/m0/s1. The van der Waals surface area contributed by atoms with Crippen molar-refractivity contribution in [2.24, 2.45) is 0 Å². The van der Waals surface area contributed by atoms with Crippen LogP contribution < -0.4 is 10.6 Å². The summed E-state index contributed by atoms with van der Waals surface area (Å²) in [6, 6.07) is 2.88. The number of amides is 3. The Morgan fingerprint density at radius 3 is 2.42 bits per heavy atom. The minimum atomic E-state index is -0.701. The number of hydrogen-bond donors (Lipinski definition) is 2. The highest BCUT2D eigenvalue weighted by atomic mass is 16.6. The van der Waals surface area contributed by atoms with Crippen molar-refractivity contribution in [3.05, 3.63) is 23.4 Å². The zero-order chi connectivity index (χ0) is 29.3. The van der Waals surface area contributed by atoms with Crippen LogP contribution in [0.1, 0.15) is 90.8 Å². The number of methoxy groups -OCH3 is 1. The Bertz CT molecular complexity index is 999. The molecule has 2 aliphatic heterocycles. The SMILES string of the molecule is COC(=O)[C@H](CCCCCCCc1ccc2c(n1)NCCC2)NC(=O)N1[C@H](C)CN(C(=O)OC(C)(C)C)C[C@@H]1C. The largest absolute Gasteiger partial charge is 0.467 e. The number of pyridine rings is 1. The lowest BCUT2D eigenvalue weighted by Gasteiger charge is -2.44. The summed E-state index contributed by atoms with van der Waals surface area (Å²) >= 11 is 0. The van der Waals surface area contributed by atoms with Gasteiger partial charge in [0.25, 0.3) is 0 Å². The third-order valence-corrected chi connectivity index (χ3v) is 7.47. The van der Waals surface area contributed by atoms with Gasteiger partial charge in [-0.05, 0) is 78.4 Å². The number of piperazine rings is 1. The molecule has 3 amide bonds. The van der Waals surface area contributed by atoms with E-state index in [1.165, 1.54) is 19.1 Å². The smallest absolute Gasteiger partial charge is 0.410 e. The number of hydrogen-bond acceptors (Lipinski definition) is 7. The second-order valence-corrected chi connectivity index (χ2v) is 12.2. The molecule has 0 aliphatic carbocycles. The Balaban J connectivity index is 1.40. The number of carbonyl (C=O) groups excluding carboxylic acids is 3. The first-order chi connectivity index (χ1) is 19.0. The molecule has 40 heavy (non-hydrogen) atoms. The van der Waals surface area contributed by atoms with Gasteiger partial charge in [-0.15, -0.1) is 0 Å². The van der Waals surface area contributed by atoms with Crippen molar-refractivity contribution in [1.29, 1.82) is 0 Å². The van der Waals surface area contributed by atoms with E-state index in [2.05, 4.69) is 22.8 Å². The number of esters is 1. The number of unbranched alkanes of at least 4 members (excludes halogenated alkanes) is 4. The van der Waals surface area contributed by atoms with Crippen molar-refractivity contribution in [3.8, 4) is 0 Å². The highest BCUT2D eigenvalue weighted by molar-refractivity contribution is 5.84. The van der Waals surface area contributed by atoms with E-state index in [0.29, 0.717) is 19.5 Å². The van der Waals surface area contributed by atoms with Gasteiger partial charge >= 0.3 is 18.1 Å². The van der Waals surface area contributed by atoms with E-state index in [0.717, 1.165) is 63.0 Å². The molecule has 1 fully saturated rings. The highest BCUT2D eigenvalue weighted by Crippen LogP contribution is 2.22. The van der Waals surface area contributed by atoms with Gasteiger partial charge in [0.1, 0.15) is 17.5 Å². The normalized spacial score (nSPS) is 19.8. The van der Waals surface area contributed by atoms with Crippen LogP contribution in [0.25, 0.3) is 0 Å². The molecule has 3 atom stereocenters. The topological polar surface area (TPSA) is 113 Å². The van der Waals surface area contributed by atoms with Gasteiger partial charge in [0.2, 0.25) is 0 Å². The number of nitrogens with one attached hydrogen (secondary N) is 2. The number of nitrogens with zero attached hydrogens (tertiary/aromatic N) is 3. The molecular weight excluding hydrogens is 510 g/mol. The van der Waals surface area contributed by atoms with E-state index in [1.54, 1.807) is 9.80 Å². The van der Waals surface area contributed by atoms with Gasteiger partial charge in [0, 0.05) is 37.4 Å². The average Bonchev–Trinajstić information content (AvgIpc) is 2.89. The lowest BCUT2D eigenvalue weighted by atomic mass is 10.0. The number of anilines is 1. The van der Waals surface area contributed by atoms with E-state index < -0.39 is 17.6 Å². The second kappa shape index (κ2) is 14.6. The predicted molar refractivity (Wildman–Crippen MR) is 155 cm³/mol. The molecule has 224 valence electrons. The Labute approximate surface area is 239 Å². The van der Waals surface area contributed by atoms with Crippen molar-refractivity contribution < 1.29 is 23.9 Å². The van der Waals surface area contributed by atoms with Crippen molar-refractivity contribution >= 4 is 23.9 Å². The average molecular weight is 560 g/mol. The predicted octanol–water partition coefficient (Wildman–Crippen LogP) is 4.90. The number of urea groups is 1. The number of rotatable bonds is 10. The monoisotopic (exact) mass is 559 g/mol. The molecule has 0 aromatic carbocycles. The van der Waals surface area contributed by atoms with Gasteiger partial charge in [0.15, 0.2) is 0 Å². The summed E-state index contributed by atoms with van der Waals surface area (Å²) in [5.41, 5.74) is 1.87. The molecule has 3 heterocycles. The molecule has 0 unspecified atom stereocenters. The van der Waals surface area contributed by atoms with Crippen LogP contribution in [-0.2, 0) is 27.1 Å². The Morgan fingerprint density at radius 1 is 1.07 bits per heavy atom. The minimum absolute atomic E-state index is 0.227. The number of fused-ring (bicyclic) bond motifs is 1. The van der Waals surface area contributed by atoms with Crippen LogP contribution in [0, 0.1) is 0 Å². The van der Waals surface area contributed by atoms with Crippen LogP contribution in [0.3, 0.4) is 0 Å². The van der Waals surface area contributed by atoms with Gasteiger partial charge in [-0.2, -0.15) is 0 Å². The fourth-order valence-electron chi connectivity index (χ4n) is 5.51. The molecule has 10 heteroatoms. The van der Waals surface area contributed by atoms with Crippen molar-refractivity contribution in [2.45, 2.75) is 116 Å². The number of aryl methyl sites for hydroxylation is 2. The van der Waals surface area contributed by atoms with Crippen LogP contribution in [0.5, 0.6) is 0 Å². The van der Waals surface area contributed by atoms with Crippen molar-refractivity contribution in [3.63, 3.8) is 0 Å². The lowest BCUT2D eigenvalue weighted by molar-refractivity contribution is -0.143. The second-order valence-electron chi connectivity index (χ2n) is 12.2. The molecule has 3 rings (SSSR count). The van der Waals surface area contributed by atoms with E-state index in [-0.39, 0.29) is 24.2 Å². The fourth-order valence-corrected chi connectivity index (χ4v) is 5.51. The molecule has 0 saturated carbocycles. The van der Waals surface area contributed by atoms with Gasteiger partial charge in [-0.3, -0.25) is 0 Å². The first-order valence-corrected chi connectivity index (χ1v) is 14.9. The molecule has 1 aromatic heterocycles. The fraction of sp³-hybridized carbons (Fsp3) is 0.733. The van der Waals surface area contributed by atoms with E-state index in [1.807, 2.05) is 34.6 Å². The van der Waals surface area contributed by atoms with Gasteiger partial charge in [-0.25, -0.2) is 19.4 Å². The van der Waals surface area contributed by atoms with Crippen LogP contribution in [0.2, 0.25) is 0 Å². The van der Waals surface area contributed by atoms with E-state index >= 15 is 0 Å². The third kappa shape index (κ3) is 9.27. The molecule has 10 nitrogen and oxygen atoms in total. The van der Waals surface area contributed by atoms with Crippen LogP contribution >= 0.6 is 0 Å². The Morgan fingerprint density at radius 2 is 1.75 bits per heavy atom. The molecule has 2 N–H and O–H groups in total. The number of aromatic nitrogens is 1. The number of ether oxygens (including phenoxy) is 2. The van der Waals surface area contributed by atoms with Crippen molar-refractivity contribution in [2.75, 3.05) is 32.1 Å². The molecular formula is C30H49N5O5. The third-order valence-electron chi connectivity index (χ3n) is 7.47. The Kier molecular flexibility index (Phi) is 11.5. The zero-order valence-corrected chi connectivity index (χ0v) is 25.3. The summed E-state index contributed by atoms with van der Waals surface area (Å²) in [5, 5.41) is 6.29. The summed E-state index contributed by atoms with van der Waals surface area (Å²) in [6.07, 6.45) is 8.41.